The molecule has 9 heavy (non-hydrogen) atoms. The molecule has 0 amide bonds. The van der Waals surface area contributed by atoms with Gasteiger partial charge in [-0.2, -0.15) is 5.10 Å². The minimum absolute atomic E-state index is 0.412. The fraction of sp³-hybridized carbons (Fsp3) is 0.833. The van der Waals surface area contributed by atoms with Crippen molar-refractivity contribution in [2.24, 2.45) is 16.8 Å². The molecule has 1 aliphatic rings. The Bertz CT molecular complexity index is 141. The van der Waals surface area contributed by atoms with Gasteiger partial charge in [0.25, 0.3) is 0 Å². The molecule has 2 atom stereocenters. The van der Waals surface area contributed by atoms with Crippen LogP contribution in [0.4, 0.5) is 0 Å². The molecule has 0 spiro atoms. The average Bonchev–Trinajstić information content (AvgIpc) is 1.98. The van der Waals surface area contributed by atoms with Crippen LogP contribution in [0, 0.1) is 5.92 Å². The maximum Gasteiger partial charge on any atom is 0.124 e. The number of hydrogen-bond donors (Lipinski definition) is 1. The lowest BCUT2D eigenvalue weighted by atomic mass is 10.0. The third-order valence-electron chi connectivity index (χ3n) is 2.05. The van der Waals surface area contributed by atoms with Gasteiger partial charge >= 0.3 is 0 Å². The largest absolute Gasteiger partial charge is 0.385 e. The van der Waals surface area contributed by atoms with Crippen LogP contribution in [-0.4, -0.2) is 23.9 Å². The molecule has 0 aromatic rings. The van der Waals surface area contributed by atoms with Gasteiger partial charge in [0, 0.05) is 13.0 Å². The highest BCUT2D eigenvalue weighted by Crippen LogP contribution is 2.16. The summed E-state index contributed by atoms with van der Waals surface area (Å²) >= 11 is 0. The second-order valence-electron chi connectivity index (χ2n) is 2.63. The van der Waals surface area contributed by atoms with Crippen molar-refractivity contribution in [3.63, 3.8) is 0 Å². The molecule has 1 rings (SSSR count). The molecule has 0 bridgehead atoms. The number of rotatable bonds is 0. The highest BCUT2D eigenvalue weighted by atomic mass is 15.5. The summed E-state index contributed by atoms with van der Waals surface area (Å²) < 4.78 is 0. The molecule has 2 N–H and O–H groups in total. The standard InChI is InChI=1S/C6H13N3/c1-4-5(2)9(3)8-6(4)7/h4-5H,1-3H3,(H2,7,8). The zero-order chi connectivity index (χ0) is 7.02. The normalized spacial score (nSPS) is 35.0. The number of nitrogens with zero attached hydrogens (tertiary/aromatic N) is 2. The van der Waals surface area contributed by atoms with E-state index in [1.54, 1.807) is 0 Å². The molecular weight excluding hydrogens is 114 g/mol. The van der Waals surface area contributed by atoms with Gasteiger partial charge in [0.2, 0.25) is 0 Å². The molecule has 0 aromatic heterocycles. The molecule has 1 aliphatic heterocycles. The summed E-state index contributed by atoms with van der Waals surface area (Å²) in [5.41, 5.74) is 5.57. The SMILES string of the molecule is CC1C(N)=NN(C)C1C. The molecule has 0 aromatic carbocycles. The third-order valence-corrected chi connectivity index (χ3v) is 2.05. The summed E-state index contributed by atoms with van der Waals surface area (Å²) in [4.78, 5) is 0. The monoisotopic (exact) mass is 127 g/mol. The van der Waals surface area contributed by atoms with Crippen molar-refractivity contribution in [1.82, 2.24) is 5.01 Å². The van der Waals surface area contributed by atoms with E-state index in [2.05, 4.69) is 18.9 Å². The Kier molecular flexibility index (Phi) is 1.35. The average molecular weight is 127 g/mol. The first-order valence-electron chi connectivity index (χ1n) is 3.19. The Hall–Kier alpha value is -0.730. The molecule has 0 saturated heterocycles. The molecule has 2 unspecified atom stereocenters. The van der Waals surface area contributed by atoms with Crippen LogP contribution in [0.2, 0.25) is 0 Å². The van der Waals surface area contributed by atoms with Gasteiger partial charge in [0.15, 0.2) is 0 Å². The van der Waals surface area contributed by atoms with Gasteiger partial charge in [0.05, 0.1) is 6.04 Å². The topological polar surface area (TPSA) is 41.6 Å². The number of amidine groups is 1. The highest BCUT2D eigenvalue weighted by Gasteiger charge is 2.25. The molecule has 3 heteroatoms. The van der Waals surface area contributed by atoms with E-state index >= 15 is 0 Å². The van der Waals surface area contributed by atoms with Gasteiger partial charge in [-0.25, -0.2) is 0 Å². The van der Waals surface area contributed by atoms with Gasteiger partial charge < -0.3 is 5.73 Å². The Morgan fingerprint density at radius 2 is 2.11 bits per heavy atom. The zero-order valence-corrected chi connectivity index (χ0v) is 6.13. The van der Waals surface area contributed by atoms with E-state index in [0.29, 0.717) is 12.0 Å². The Morgan fingerprint density at radius 1 is 1.56 bits per heavy atom. The maximum atomic E-state index is 5.57. The van der Waals surface area contributed by atoms with Gasteiger partial charge in [-0.05, 0) is 6.92 Å². The highest BCUT2D eigenvalue weighted by molar-refractivity contribution is 5.84. The van der Waals surface area contributed by atoms with Crippen molar-refractivity contribution < 1.29 is 0 Å². The maximum absolute atomic E-state index is 5.57. The zero-order valence-electron chi connectivity index (χ0n) is 6.13. The van der Waals surface area contributed by atoms with Crippen molar-refractivity contribution in [3.05, 3.63) is 0 Å². The molecule has 1 heterocycles. The molecule has 0 fully saturated rings. The fourth-order valence-corrected chi connectivity index (χ4v) is 0.935. The molecule has 3 nitrogen and oxygen atoms in total. The van der Waals surface area contributed by atoms with E-state index in [1.807, 2.05) is 12.1 Å². The molecule has 0 aliphatic carbocycles. The van der Waals surface area contributed by atoms with E-state index in [0.717, 1.165) is 5.84 Å². The predicted octanol–water partition coefficient (Wildman–Crippen LogP) is 0.229. The van der Waals surface area contributed by atoms with E-state index in [9.17, 15) is 0 Å². The Balaban J connectivity index is 2.70. The third kappa shape index (κ3) is 0.866. The second-order valence-corrected chi connectivity index (χ2v) is 2.63. The van der Waals surface area contributed by atoms with E-state index in [4.69, 9.17) is 5.73 Å². The number of hydrazone groups is 1. The number of hydrogen-bond acceptors (Lipinski definition) is 3. The molecular formula is C6H13N3. The van der Waals surface area contributed by atoms with Crippen LogP contribution in [0.3, 0.4) is 0 Å². The van der Waals surface area contributed by atoms with Gasteiger partial charge in [-0.1, -0.05) is 6.92 Å². The second kappa shape index (κ2) is 1.90. The summed E-state index contributed by atoms with van der Waals surface area (Å²) in [6.45, 7) is 4.21. The van der Waals surface area contributed by atoms with Crippen molar-refractivity contribution in [3.8, 4) is 0 Å². The number of nitrogens with two attached hydrogens (primary N) is 1. The van der Waals surface area contributed by atoms with Crippen LogP contribution >= 0.6 is 0 Å². The Morgan fingerprint density at radius 3 is 2.22 bits per heavy atom. The van der Waals surface area contributed by atoms with Crippen molar-refractivity contribution >= 4 is 5.84 Å². The smallest absolute Gasteiger partial charge is 0.124 e. The van der Waals surface area contributed by atoms with Crippen LogP contribution < -0.4 is 5.73 Å². The molecule has 52 valence electrons. The van der Waals surface area contributed by atoms with E-state index < -0.39 is 0 Å². The first kappa shape index (κ1) is 6.39. The quantitative estimate of drug-likeness (QED) is 0.506. The van der Waals surface area contributed by atoms with Crippen LogP contribution in [0.25, 0.3) is 0 Å². The van der Waals surface area contributed by atoms with Crippen molar-refractivity contribution in [2.75, 3.05) is 7.05 Å². The van der Waals surface area contributed by atoms with Crippen LogP contribution in [0.15, 0.2) is 5.10 Å². The van der Waals surface area contributed by atoms with Crippen LogP contribution in [0.5, 0.6) is 0 Å². The fourth-order valence-electron chi connectivity index (χ4n) is 0.935. The lowest BCUT2D eigenvalue weighted by Crippen LogP contribution is -2.28. The first-order chi connectivity index (χ1) is 4.13. The van der Waals surface area contributed by atoms with Gasteiger partial charge in [-0.3, -0.25) is 5.01 Å². The summed E-state index contributed by atoms with van der Waals surface area (Å²) in [5.74, 6) is 1.17. The van der Waals surface area contributed by atoms with Gasteiger partial charge in [-0.15, -0.1) is 0 Å². The van der Waals surface area contributed by atoms with Gasteiger partial charge in [0.1, 0.15) is 5.84 Å². The van der Waals surface area contributed by atoms with Crippen molar-refractivity contribution in [2.45, 2.75) is 19.9 Å². The minimum Gasteiger partial charge on any atom is -0.385 e. The van der Waals surface area contributed by atoms with Crippen LogP contribution in [0.1, 0.15) is 13.8 Å². The molecule has 0 radical (unpaired) electrons. The lowest BCUT2D eigenvalue weighted by Gasteiger charge is -2.16. The summed E-state index contributed by atoms with van der Waals surface area (Å²) in [5, 5.41) is 5.98. The Labute approximate surface area is 55.5 Å². The lowest BCUT2D eigenvalue weighted by molar-refractivity contribution is 0.272. The summed E-state index contributed by atoms with van der Waals surface area (Å²) in [6.07, 6.45) is 0. The van der Waals surface area contributed by atoms with Crippen LogP contribution in [-0.2, 0) is 0 Å². The molecule has 0 saturated carbocycles. The summed E-state index contributed by atoms with van der Waals surface area (Å²) in [7, 11) is 1.95. The van der Waals surface area contributed by atoms with Crippen molar-refractivity contribution in [1.29, 1.82) is 0 Å². The van der Waals surface area contributed by atoms with E-state index in [-0.39, 0.29) is 0 Å². The minimum atomic E-state index is 0.412. The van der Waals surface area contributed by atoms with E-state index in [1.165, 1.54) is 0 Å². The first-order valence-corrected chi connectivity index (χ1v) is 3.19. The predicted molar refractivity (Wildman–Crippen MR) is 38.0 cm³/mol. The summed E-state index contributed by atoms with van der Waals surface area (Å²) in [6, 6.07) is 0.463.